The van der Waals surface area contributed by atoms with Crippen LogP contribution in [0.1, 0.15) is 57.1 Å². The first-order chi connectivity index (χ1) is 19.6. The summed E-state index contributed by atoms with van der Waals surface area (Å²) >= 11 is 0. The number of methoxy groups -OCH3 is 6. The molecule has 2 aliphatic rings. The fourth-order valence-electron chi connectivity index (χ4n) is 6.92. The number of hydrogen-bond acceptors (Lipinski definition) is 6. The third-order valence-electron chi connectivity index (χ3n) is 8.60. The van der Waals surface area contributed by atoms with E-state index in [4.69, 9.17) is 28.4 Å². The molecule has 4 aromatic rings. The Balaban J connectivity index is 1.71. The van der Waals surface area contributed by atoms with Crippen molar-refractivity contribution in [2.75, 3.05) is 42.7 Å². The summed E-state index contributed by atoms with van der Waals surface area (Å²) in [6.07, 6.45) is 0. The first-order valence-electron chi connectivity index (χ1n) is 13.4. The molecule has 0 spiro atoms. The molecule has 206 valence electrons. The predicted octanol–water partition coefficient (Wildman–Crippen LogP) is 6.90. The highest BCUT2D eigenvalue weighted by Gasteiger charge is 2.54. The molecule has 0 heterocycles. The van der Waals surface area contributed by atoms with Gasteiger partial charge in [0.05, 0.1) is 42.7 Å². The van der Waals surface area contributed by atoms with Crippen molar-refractivity contribution in [3.05, 3.63) is 106 Å². The highest BCUT2D eigenvalue weighted by Crippen LogP contribution is 2.69. The van der Waals surface area contributed by atoms with Gasteiger partial charge < -0.3 is 28.4 Å². The van der Waals surface area contributed by atoms with Crippen LogP contribution < -0.4 is 28.4 Å². The zero-order valence-corrected chi connectivity index (χ0v) is 23.7. The van der Waals surface area contributed by atoms with Gasteiger partial charge in [-0.25, -0.2) is 0 Å². The SMILES string of the molecule is COc1ccc(C2C3c4cc(OC)cc(OC)c4[C@@H](c4ccc(OC)cc4)C2c2cc(OC)cc(OC)c23)cc1. The van der Waals surface area contributed by atoms with Crippen LogP contribution in [-0.4, -0.2) is 42.7 Å². The molecule has 0 amide bonds. The molecule has 0 aromatic heterocycles. The Labute approximate surface area is 235 Å². The van der Waals surface area contributed by atoms with Gasteiger partial charge in [0.2, 0.25) is 0 Å². The summed E-state index contributed by atoms with van der Waals surface area (Å²) in [6, 6.07) is 25.2. The molecule has 3 unspecified atom stereocenters. The molecule has 4 atom stereocenters. The van der Waals surface area contributed by atoms with Crippen LogP contribution in [0, 0.1) is 0 Å². The van der Waals surface area contributed by atoms with Gasteiger partial charge in [0.15, 0.2) is 0 Å². The molecular weight excluding hydrogens is 504 g/mol. The van der Waals surface area contributed by atoms with Gasteiger partial charge in [-0.15, -0.1) is 0 Å². The Bertz CT molecular complexity index is 1530. The van der Waals surface area contributed by atoms with Crippen LogP contribution in [-0.2, 0) is 0 Å². The van der Waals surface area contributed by atoms with E-state index in [2.05, 4.69) is 36.4 Å². The van der Waals surface area contributed by atoms with E-state index in [-0.39, 0.29) is 23.7 Å². The Hall–Kier alpha value is -4.32. The smallest absolute Gasteiger partial charge is 0.126 e. The average Bonchev–Trinajstić information content (AvgIpc) is 3.29. The number of benzene rings is 4. The molecule has 40 heavy (non-hydrogen) atoms. The number of rotatable bonds is 8. The molecule has 0 aliphatic heterocycles. The maximum absolute atomic E-state index is 6.07. The number of hydrogen-bond donors (Lipinski definition) is 0. The van der Waals surface area contributed by atoms with Crippen molar-refractivity contribution >= 4 is 0 Å². The second-order valence-corrected chi connectivity index (χ2v) is 10.2. The van der Waals surface area contributed by atoms with E-state index in [1.165, 1.54) is 33.4 Å². The molecule has 0 saturated carbocycles. The number of fused-ring (bicyclic) bond motifs is 7. The lowest BCUT2D eigenvalue weighted by Gasteiger charge is -2.40. The minimum Gasteiger partial charge on any atom is -0.497 e. The van der Waals surface area contributed by atoms with Crippen LogP contribution in [0.15, 0.2) is 72.8 Å². The maximum Gasteiger partial charge on any atom is 0.126 e. The van der Waals surface area contributed by atoms with Crippen molar-refractivity contribution in [3.63, 3.8) is 0 Å². The van der Waals surface area contributed by atoms with E-state index in [9.17, 15) is 0 Å². The molecule has 0 saturated heterocycles. The highest BCUT2D eigenvalue weighted by atomic mass is 16.5. The highest BCUT2D eigenvalue weighted by molar-refractivity contribution is 5.69. The third kappa shape index (κ3) is 3.93. The monoisotopic (exact) mass is 538 g/mol. The second-order valence-electron chi connectivity index (χ2n) is 10.2. The molecule has 2 bridgehead atoms. The summed E-state index contributed by atoms with van der Waals surface area (Å²) in [5, 5.41) is 0. The van der Waals surface area contributed by atoms with Crippen LogP contribution in [0.5, 0.6) is 34.5 Å². The van der Waals surface area contributed by atoms with Crippen LogP contribution >= 0.6 is 0 Å². The molecule has 0 N–H and O–H groups in total. The lowest BCUT2D eigenvalue weighted by molar-refractivity contribution is 0.372. The van der Waals surface area contributed by atoms with E-state index < -0.39 is 0 Å². The summed E-state index contributed by atoms with van der Waals surface area (Å²) in [4.78, 5) is 0. The van der Waals surface area contributed by atoms with E-state index in [0.717, 1.165) is 34.5 Å². The quantitative estimate of drug-likeness (QED) is 0.243. The predicted molar refractivity (Wildman–Crippen MR) is 154 cm³/mol. The van der Waals surface area contributed by atoms with Crippen LogP contribution in [0.25, 0.3) is 0 Å². The minimum absolute atomic E-state index is 0.0109. The fourth-order valence-corrected chi connectivity index (χ4v) is 6.92. The van der Waals surface area contributed by atoms with Gasteiger partial charge in [0.25, 0.3) is 0 Å². The van der Waals surface area contributed by atoms with Crippen LogP contribution in [0.3, 0.4) is 0 Å². The Kier molecular flexibility index (Phi) is 6.70. The van der Waals surface area contributed by atoms with Gasteiger partial charge in [-0.1, -0.05) is 24.3 Å². The van der Waals surface area contributed by atoms with E-state index in [1.807, 2.05) is 36.4 Å². The van der Waals surface area contributed by atoms with Gasteiger partial charge in [-0.3, -0.25) is 0 Å². The molecule has 2 aliphatic carbocycles. The van der Waals surface area contributed by atoms with Gasteiger partial charge in [-0.05, 0) is 58.7 Å². The average molecular weight is 539 g/mol. The maximum atomic E-state index is 6.07. The number of ether oxygens (including phenoxy) is 6. The first-order valence-corrected chi connectivity index (χ1v) is 13.4. The molecule has 6 heteroatoms. The topological polar surface area (TPSA) is 55.4 Å². The molecule has 0 radical (unpaired) electrons. The summed E-state index contributed by atoms with van der Waals surface area (Å²) in [6.45, 7) is 0. The lowest BCUT2D eigenvalue weighted by Crippen LogP contribution is -2.26. The zero-order valence-electron chi connectivity index (χ0n) is 23.7. The molecule has 6 rings (SSSR count). The summed E-state index contributed by atoms with van der Waals surface area (Å²) in [5.74, 6) is 5.04. The summed E-state index contributed by atoms with van der Waals surface area (Å²) in [7, 11) is 10.2. The van der Waals surface area contributed by atoms with Gasteiger partial charge in [0.1, 0.15) is 34.5 Å². The Morgan fingerprint density at radius 1 is 0.400 bits per heavy atom. The van der Waals surface area contributed by atoms with Crippen LogP contribution in [0.2, 0.25) is 0 Å². The van der Waals surface area contributed by atoms with Crippen LogP contribution in [0.4, 0.5) is 0 Å². The third-order valence-corrected chi connectivity index (χ3v) is 8.60. The lowest BCUT2D eigenvalue weighted by atomic mass is 9.63. The largest absolute Gasteiger partial charge is 0.497 e. The molecule has 0 fully saturated rings. The van der Waals surface area contributed by atoms with Gasteiger partial charge in [0, 0.05) is 46.9 Å². The molecular formula is C34H34O6. The van der Waals surface area contributed by atoms with Crippen molar-refractivity contribution in [2.45, 2.75) is 23.7 Å². The molecule has 6 nitrogen and oxygen atoms in total. The Morgan fingerprint density at radius 3 is 1.32 bits per heavy atom. The summed E-state index contributed by atoms with van der Waals surface area (Å²) in [5.41, 5.74) is 7.17. The summed E-state index contributed by atoms with van der Waals surface area (Å²) < 4.78 is 34.7. The standard InChI is InChI=1S/C34H34O6/c1-35-21-11-7-19(8-12-21)29-31-25(15-23(37-3)17-27(31)39-5)34-30(20-9-13-22(36-2)14-10-20)33(29)26-16-24(38-4)18-28(40-6)32(26)34/h7-18,29-30,33-34H,1-6H3/t29-,30?,33?,34?/m1/s1. The van der Waals surface area contributed by atoms with E-state index in [1.54, 1.807) is 42.7 Å². The Morgan fingerprint density at radius 2 is 0.850 bits per heavy atom. The van der Waals surface area contributed by atoms with Crippen molar-refractivity contribution < 1.29 is 28.4 Å². The van der Waals surface area contributed by atoms with Gasteiger partial charge >= 0.3 is 0 Å². The van der Waals surface area contributed by atoms with Crippen molar-refractivity contribution in [3.8, 4) is 34.5 Å². The van der Waals surface area contributed by atoms with E-state index in [0.29, 0.717) is 0 Å². The van der Waals surface area contributed by atoms with Gasteiger partial charge in [-0.2, -0.15) is 0 Å². The van der Waals surface area contributed by atoms with Crippen molar-refractivity contribution in [1.82, 2.24) is 0 Å². The van der Waals surface area contributed by atoms with Crippen molar-refractivity contribution in [2.24, 2.45) is 0 Å². The molecule has 4 aromatic carbocycles. The minimum atomic E-state index is -0.0109. The second kappa shape index (κ2) is 10.3. The van der Waals surface area contributed by atoms with Crippen molar-refractivity contribution in [1.29, 1.82) is 0 Å². The zero-order chi connectivity index (χ0) is 28.0. The first kappa shape index (κ1) is 25.9. The fraction of sp³-hybridized carbons (Fsp3) is 0.294. The van der Waals surface area contributed by atoms with E-state index >= 15 is 0 Å². The normalized spacial score (nSPS) is 20.2.